The van der Waals surface area contributed by atoms with Gasteiger partial charge in [0.1, 0.15) is 5.78 Å². The summed E-state index contributed by atoms with van der Waals surface area (Å²) >= 11 is 0. The molecule has 0 spiro atoms. The number of ketones is 1. The van der Waals surface area contributed by atoms with Gasteiger partial charge in [0.15, 0.2) is 8.32 Å². The Morgan fingerprint density at radius 1 is 1.32 bits per heavy atom. The highest BCUT2D eigenvalue weighted by Gasteiger charge is 2.41. The van der Waals surface area contributed by atoms with Crippen LogP contribution in [0.2, 0.25) is 18.1 Å². The summed E-state index contributed by atoms with van der Waals surface area (Å²) in [4.78, 5) is 12.0. The standard InChI is InChI=1S/C16H32O2Si/c1-10-12(3)15(13(4)14(17)11-2)18-19(8,9)16(5,6)7/h10,12-13,15H,1,11H2,2-9H3/t12-,13+,15+/m1/s1. The lowest BCUT2D eigenvalue weighted by molar-refractivity contribution is -0.125. The predicted octanol–water partition coefficient (Wildman–Crippen LogP) is 4.81. The van der Waals surface area contributed by atoms with Gasteiger partial charge in [0.2, 0.25) is 0 Å². The molecule has 3 atom stereocenters. The molecule has 3 heteroatoms. The van der Waals surface area contributed by atoms with Crippen molar-refractivity contribution in [1.82, 2.24) is 0 Å². The van der Waals surface area contributed by atoms with E-state index in [1.807, 2.05) is 19.9 Å². The third-order valence-corrected chi connectivity index (χ3v) is 8.95. The van der Waals surface area contributed by atoms with Gasteiger partial charge in [0, 0.05) is 12.3 Å². The number of rotatable bonds is 7. The maximum absolute atomic E-state index is 12.0. The SMILES string of the molecule is C=C[C@@H](C)[C@H](O[Si](C)(C)C(C)(C)C)[C@@H](C)C(=O)CC. The molecule has 0 aliphatic heterocycles. The van der Waals surface area contributed by atoms with Crippen LogP contribution in [0.25, 0.3) is 0 Å². The van der Waals surface area contributed by atoms with Crippen LogP contribution >= 0.6 is 0 Å². The van der Waals surface area contributed by atoms with Crippen LogP contribution in [0, 0.1) is 11.8 Å². The third-order valence-electron chi connectivity index (χ3n) is 4.48. The van der Waals surface area contributed by atoms with Gasteiger partial charge >= 0.3 is 0 Å². The zero-order valence-corrected chi connectivity index (χ0v) is 15.0. The van der Waals surface area contributed by atoms with E-state index in [-0.39, 0.29) is 28.8 Å². The summed E-state index contributed by atoms with van der Waals surface area (Å²) in [6, 6.07) is 0. The Morgan fingerprint density at radius 2 is 1.79 bits per heavy atom. The van der Waals surface area contributed by atoms with Gasteiger partial charge in [-0.2, -0.15) is 0 Å². The molecule has 0 radical (unpaired) electrons. The Balaban J connectivity index is 5.19. The predicted molar refractivity (Wildman–Crippen MR) is 85.9 cm³/mol. The van der Waals surface area contributed by atoms with Crippen LogP contribution in [0.15, 0.2) is 12.7 Å². The molecular formula is C16H32O2Si. The Bertz CT molecular complexity index is 315. The fourth-order valence-corrected chi connectivity index (χ4v) is 3.27. The van der Waals surface area contributed by atoms with E-state index in [1.165, 1.54) is 0 Å². The summed E-state index contributed by atoms with van der Waals surface area (Å²) in [7, 11) is -1.87. The highest BCUT2D eigenvalue weighted by atomic mass is 28.4. The van der Waals surface area contributed by atoms with Crippen molar-refractivity contribution in [3.8, 4) is 0 Å². The third kappa shape index (κ3) is 4.88. The van der Waals surface area contributed by atoms with Gasteiger partial charge in [-0.1, -0.05) is 47.6 Å². The first-order valence-corrected chi connectivity index (χ1v) is 10.2. The quantitative estimate of drug-likeness (QED) is 0.495. The number of carbonyl (C=O) groups excluding carboxylic acids is 1. The Morgan fingerprint density at radius 3 is 2.11 bits per heavy atom. The molecule has 0 saturated carbocycles. The molecule has 0 aromatic rings. The smallest absolute Gasteiger partial charge is 0.192 e. The van der Waals surface area contributed by atoms with Crippen LogP contribution in [-0.4, -0.2) is 20.2 Å². The number of hydrogen-bond acceptors (Lipinski definition) is 2. The van der Waals surface area contributed by atoms with E-state index >= 15 is 0 Å². The van der Waals surface area contributed by atoms with Crippen molar-refractivity contribution in [2.75, 3.05) is 0 Å². The van der Waals surface area contributed by atoms with Crippen molar-refractivity contribution in [2.45, 2.75) is 72.2 Å². The van der Waals surface area contributed by atoms with Gasteiger partial charge in [-0.25, -0.2) is 0 Å². The molecular weight excluding hydrogens is 252 g/mol. The average Bonchev–Trinajstić information content (AvgIpc) is 2.31. The summed E-state index contributed by atoms with van der Waals surface area (Å²) < 4.78 is 6.49. The van der Waals surface area contributed by atoms with E-state index in [0.717, 1.165) is 0 Å². The maximum Gasteiger partial charge on any atom is 0.192 e. The van der Waals surface area contributed by atoms with E-state index < -0.39 is 8.32 Å². The molecule has 2 nitrogen and oxygen atoms in total. The molecule has 0 fully saturated rings. The van der Waals surface area contributed by atoms with Gasteiger partial charge in [0.05, 0.1) is 6.10 Å². The summed E-state index contributed by atoms with van der Waals surface area (Å²) in [5, 5.41) is 0.154. The first-order chi connectivity index (χ1) is 8.47. The van der Waals surface area contributed by atoms with E-state index in [9.17, 15) is 4.79 Å². The van der Waals surface area contributed by atoms with Crippen LogP contribution in [0.3, 0.4) is 0 Å². The van der Waals surface area contributed by atoms with Gasteiger partial charge < -0.3 is 4.43 Å². The van der Waals surface area contributed by atoms with Crippen molar-refractivity contribution in [3.63, 3.8) is 0 Å². The second-order valence-corrected chi connectivity index (χ2v) is 11.8. The molecule has 0 saturated heterocycles. The molecule has 0 amide bonds. The second kappa shape index (κ2) is 6.85. The first kappa shape index (κ1) is 18.6. The van der Waals surface area contributed by atoms with Crippen LogP contribution in [0.1, 0.15) is 48.0 Å². The first-order valence-electron chi connectivity index (χ1n) is 7.31. The molecule has 19 heavy (non-hydrogen) atoms. The minimum absolute atomic E-state index is 0.0501. The van der Waals surface area contributed by atoms with Crippen molar-refractivity contribution in [3.05, 3.63) is 12.7 Å². The van der Waals surface area contributed by atoms with Crippen LogP contribution < -0.4 is 0 Å². The topological polar surface area (TPSA) is 26.3 Å². The number of hydrogen-bond donors (Lipinski definition) is 0. The lowest BCUT2D eigenvalue weighted by Crippen LogP contribution is -2.48. The fourth-order valence-electron chi connectivity index (χ4n) is 1.82. The van der Waals surface area contributed by atoms with Crippen molar-refractivity contribution < 1.29 is 9.22 Å². The van der Waals surface area contributed by atoms with Gasteiger partial charge in [-0.05, 0) is 24.1 Å². The summed E-state index contributed by atoms with van der Waals surface area (Å²) in [6.07, 6.45) is 2.42. The lowest BCUT2D eigenvalue weighted by atomic mass is 9.89. The van der Waals surface area contributed by atoms with Crippen LogP contribution in [0.4, 0.5) is 0 Å². The Hall–Kier alpha value is -0.413. The molecule has 112 valence electrons. The lowest BCUT2D eigenvalue weighted by Gasteiger charge is -2.42. The molecule has 0 aliphatic rings. The monoisotopic (exact) mass is 284 g/mol. The zero-order chi connectivity index (χ0) is 15.4. The minimum Gasteiger partial charge on any atom is -0.413 e. The Labute approximate surface area is 120 Å². The molecule has 0 aliphatic carbocycles. The van der Waals surface area contributed by atoms with Crippen LogP contribution in [-0.2, 0) is 9.22 Å². The average molecular weight is 285 g/mol. The number of Topliss-reactive ketones (excluding diaryl/α,β-unsaturated/α-hetero) is 1. The van der Waals surface area contributed by atoms with E-state index in [1.54, 1.807) is 0 Å². The Kier molecular flexibility index (Phi) is 6.70. The van der Waals surface area contributed by atoms with E-state index in [2.05, 4.69) is 47.4 Å². The molecule has 0 bridgehead atoms. The summed E-state index contributed by atoms with van der Waals surface area (Å²) in [5.41, 5.74) is 0. The molecule has 0 aromatic heterocycles. The highest BCUT2D eigenvalue weighted by molar-refractivity contribution is 6.74. The van der Waals surface area contributed by atoms with Crippen molar-refractivity contribution in [2.24, 2.45) is 11.8 Å². The largest absolute Gasteiger partial charge is 0.413 e. The summed E-state index contributed by atoms with van der Waals surface area (Å²) in [6.45, 7) is 21.0. The second-order valence-electron chi connectivity index (χ2n) is 7.05. The van der Waals surface area contributed by atoms with Gasteiger partial charge in [0.25, 0.3) is 0 Å². The highest BCUT2D eigenvalue weighted by Crippen LogP contribution is 2.39. The fraction of sp³-hybridized carbons (Fsp3) is 0.812. The molecule has 0 unspecified atom stereocenters. The van der Waals surface area contributed by atoms with Gasteiger partial charge in [-0.3, -0.25) is 4.79 Å². The maximum atomic E-state index is 12.0. The normalized spacial score (nSPS) is 17.7. The molecule has 0 N–H and O–H groups in total. The molecule has 0 heterocycles. The van der Waals surface area contributed by atoms with Crippen molar-refractivity contribution in [1.29, 1.82) is 0 Å². The van der Waals surface area contributed by atoms with Crippen LogP contribution in [0.5, 0.6) is 0 Å². The van der Waals surface area contributed by atoms with Gasteiger partial charge in [-0.15, -0.1) is 6.58 Å². The van der Waals surface area contributed by atoms with E-state index in [0.29, 0.717) is 6.42 Å². The van der Waals surface area contributed by atoms with Crippen molar-refractivity contribution >= 4 is 14.1 Å². The zero-order valence-electron chi connectivity index (χ0n) is 14.0. The van der Waals surface area contributed by atoms with E-state index in [4.69, 9.17) is 4.43 Å². The summed E-state index contributed by atoms with van der Waals surface area (Å²) in [5.74, 6) is 0.407. The molecule has 0 rings (SSSR count). The minimum atomic E-state index is -1.87. The number of carbonyl (C=O) groups is 1. The molecule has 0 aromatic carbocycles.